The van der Waals surface area contributed by atoms with Crippen molar-refractivity contribution < 1.29 is 9.84 Å². The summed E-state index contributed by atoms with van der Waals surface area (Å²) in [4.78, 5) is 0. The van der Waals surface area contributed by atoms with Gasteiger partial charge in [-0.15, -0.1) is 5.10 Å². The molecule has 96 valence electrons. The summed E-state index contributed by atoms with van der Waals surface area (Å²) in [5, 5.41) is 13.1. The summed E-state index contributed by atoms with van der Waals surface area (Å²) >= 11 is 0. The van der Waals surface area contributed by atoms with Gasteiger partial charge >= 0.3 is 0 Å². The second-order valence-corrected chi connectivity index (χ2v) is 3.99. The lowest BCUT2D eigenvalue weighted by Gasteiger charge is -2.02. The van der Waals surface area contributed by atoms with Gasteiger partial charge in [-0.1, -0.05) is 18.2 Å². The van der Waals surface area contributed by atoms with Crippen molar-refractivity contribution in [1.29, 1.82) is 0 Å². The number of rotatable bonds is 5. The van der Waals surface area contributed by atoms with Gasteiger partial charge in [0.25, 0.3) is 0 Å². The molecule has 0 unspecified atom stereocenters. The predicted molar refractivity (Wildman–Crippen MR) is 69.9 cm³/mol. The molecule has 2 aromatic rings. The Morgan fingerprint density at radius 1 is 1.33 bits per heavy atom. The lowest BCUT2D eigenvalue weighted by atomic mass is 10.3. The highest BCUT2D eigenvalue weighted by atomic mass is 16.5. The molecule has 5 nitrogen and oxygen atoms in total. The lowest BCUT2D eigenvalue weighted by molar-refractivity contribution is 0.228. The largest absolute Gasteiger partial charge is 0.476 e. The highest BCUT2D eigenvalue weighted by Gasteiger charge is 2.13. The molecule has 0 radical (unpaired) electrons. The number of hydrogen-bond donors (Lipinski definition) is 2. The first-order valence-electron chi connectivity index (χ1n) is 5.88. The van der Waals surface area contributed by atoms with Crippen molar-refractivity contribution in [3.05, 3.63) is 35.9 Å². The lowest BCUT2D eigenvalue weighted by Crippen LogP contribution is -2.02. The predicted octanol–water partition coefficient (Wildman–Crippen LogP) is 1.52. The van der Waals surface area contributed by atoms with Crippen LogP contribution in [0.1, 0.15) is 12.0 Å². The Labute approximate surface area is 106 Å². The molecule has 18 heavy (non-hydrogen) atoms. The molecular weight excluding hydrogens is 230 g/mol. The SMILES string of the molecule is Cc1c(OCCCO)nn(-c2ccccc2)c1N. The van der Waals surface area contributed by atoms with Crippen molar-refractivity contribution in [2.75, 3.05) is 18.9 Å². The maximum atomic E-state index is 8.72. The van der Waals surface area contributed by atoms with Gasteiger partial charge in [-0.2, -0.15) is 0 Å². The molecule has 0 saturated heterocycles. The van der Waals surface area contributed by atoms with E-state index in [0.29, 0.717) is 24.7 Å². The number of ether oxygens (including phenoxy) is 1. The van der Waals surface area contributed by atoms with Gasteiger partial charge in [0.15, 0.2) is 0 Å². The highest BCUT2D eigenvalue weighted by molar-refractivity contribution is 5.51. The minimum atomic E-state index is 0.105. The number of nitrogens with zero attached hydrogens (tertiary/aromatic N) is 2. The van der Waals surface area contributed by atoms with Gasteiger partial charge in [0.2, 0.25) is 5.88 Å². The Kier molecular flexibility index (Phi) is 3.84. The molecule has 0 aliphatic heterocycles. The van der Waals surface area contributed by atoms with E-state index in [4.69, 9.17) is 15.6 Å². The van der Waals surface area contributed by atoms with Crippen molar-refractivity contribution in [3.63, 3.8) is 0 Å². The molecule has 1 heterocycles. The molecule has 3 N–H and O–H groups in total. The van der Waals surface area contributed by atoms with Gasteiger partial charge in [-0.3, -0.25) is 0 Å². The smallest absolute Gasteiger partial charge is 0.238 e. The van der Waals surface area contributed by atoms with Crippen LogP contribution < -0.4 is 10.5 Å². The van der Waals surface area contributed by atoms with Crippen molar-refractivity contribution in [2.45, 2.75) is 13.3 Å². The molecule has 5 heteroatoms. The summed E-state index contributed by atoms with van der Waals surface area (Å²) in [6.45, 7) is 2.41. The third kappa shape index (κ3) is 2.46. The molecule has 0 fully saturated rings. The fourth-order valence-corrected chi connectivity index (χ4v) is 1.62. The van der Waals surface area contributed by atoms with Gasteiger partial charge in [0.1, 0.15) is 5.82 Å². The summed E-state index contributed by atoms with van der Waals surface area (Å²) in [6, 6.07) is 9.66. The topological polar surface area (TPSA) is 73.3 Å². The fraction of sp³-hybridized carbons (Fsp3) is 0.308. The fourth-order valence-electron chi connectivity index (χ4n) is 1.62. The quantitative estimate of drug-likeness (QED) is 0.786. The first-order valence-corrected chi connectivity index (χ1v) is 5.88. The Hall–Kier alpha value is -2.01. The van der Waals surface area contributed by atoms with E-state index in [0.717, 1.165) is 11.3 Å². The van der Waals surface area contributed by atoms with Crippen LogP contribution >= 0.6 is 0 Å². The molecule has 1 aromatic heterocycles. The molecule has 1 aromatic carbocycles. The molecule has 0 aliphatic rings. The van der Waals surface area contributed by atoms with Crippen LogP contribution in [0.15, 0.2) is 30.3 Å². The third-order valence-electron chi connectivity index (χ3n) is 2.67. The molecule has 0 spiro atoms. The Bertz CT molecular complexity index is 508. The Morgan fingerprint density at radius 3 is 2.72 bits per heavy atom. The van der Waals surface area contributed by atoms with Crippen LogP contribution in [0.5, 0.6) is 5.88 Å². The monoisotopic (exact) mass is 247 g/mol. The maximum Gasteiger partial charge on any atom is 0.238 e. The second kappa shape index (κ2) is 5.55. The van der Waals surface area contributed by atoms with E-state index in [1.54, 1.807) is 4.68 Å². The van der Waals surface area contributed by atoms with Crippen LogP contribution in [-0.2, 0) is 0 Å². The zero-order valence-corrected chi connectivity index (χ0v) is 10.3. The van der Waals surface area contributed by atoms with Crippen molar-refractivity contribution in [3.8, 4) is 11.6 Å². The summed E-state index contributed by atoms with van der Waals surface area (Å²) in [6.07, 6.45) is 0.581. The summed E-state index contributed by atoms with van der Waals surface area (Å²) < 4.78 is 7.14. The maximum absolute atomic E-state index is 8.72. The first kappa shape index (κ1) is 12.4. The first-order chi connectivity index (χ1) is 8.74. The van der Waals surface area contributed by atoms with Crippen LogP contribution in [0.4, 0.5) is 5.82 Å². The van der Waals surface area contributed by atoms with Crippen molar-refractivity contribution in [2.24, 2.45) is 0 Å². The Balaban J connectivity index is 2.25. The number of para-hydroxylation sites is 1. The van der Waals surface area contributed by atoms with Gasteiger partial charge in [0.05, 0.1) is 17.9 Å². The van der Waals surface area contributed by atoms with Gasteiger partial charge in [0, 0.05) is 13.0 Å². The van der Waals surface area contributed by atoms with E-state index in [-0.39, 0.29) is 6.61 Å². The van der Waals surface area contributed by atoms with E-state index in [1.165, 1.54) is 0 Å². The van der Waals surface area contributed by atoms with E-state index >= 15 is 0 Å². The average molecular weight is 247 g/mol. The van der Waals surface area contributed by atoms with Gasteiger partial charge < -0.3 is 15.6 Å². The average Bonchev–Trinajstić information content (AvgIpc) is 2.68. The van der Waals surface area contributed by atoms with Crippen molar-refractivity contribution >= 4 is 5.82 Å². The number of benzene rings is 1. The summed E-state index contributed by atoms with van der Waals surface area (Å²) in [5.74, 6) is 1.09. The van der Waals surface area contributed by atoms with Crippen molar-refractivity contribution in [1.82, 2.24) is 9.78 Å². The van der Waals surface area contributed by atoms with E-state index < -0.39 is 0 Å². The number of aliphatic hydroxyl groups excluding tert-OH is 1. The second-order valence-electron chi connectivity index (χ2n) is 3.99. The number of hydrogen-bond acceptors (Lipinski definition) is 4. The van der Waals surface area contributed by atoms with Crippen LogP contribution in [-0.4, -0.2) is 28.1 Å². The zero-order valence-electron chi connectivity index (χ0n) is 10.3. The normalized spacial score (nSPS) is 10.6. The number of aliphatic hydroxyl groups is 1. The molecule has 0 bridgehead atoms. The zero-order chi connectivity index (χ0) is 13.0. The standard InChI is InChI=1S/C13H17N3O2/c1-10-12(14)16(11-6-3-2-4-7-11)15-13(10)18-9-5-8-17/h2-4,6-7,17H,5,8-9,14H2,1H3. The molecular formula is C13H17N3O2. The van der Waals surface area contributed by atoms with Crippen LogP contribution in [0, 0.1) is 6.92 Å². The van der Waals surface area contributed by atoms with E-state index in [2.05, 4.69) is 5.10 Å². The number of aromatic nitrogens is 2. The molecule has 0 saturated carbocycles. The van der Waals surface area contributed by atoms with E-state index in [1.807, 2.05) is 37.3 Å². The number of anilines is 1. The summed E-state index contributed by atoms with van der Waals surface area (Å²) in [7, 11) is 0. The third-order valence-corrected chi connectivity index (χ3v) is 2.67. The minimum absolute atomic E-state index is 0.105. The number of nitrogen functional groups attached to an aromatic ring is 1. The van der Waals surface area contributed by atoms with Gasteiger partial charge in [-0.05, 0) is 19.1 Å². The number of nitrogens with two attached hydrogens (primary N) is 1. The van der Waals surface area contributed by atoms with E-state index in [9.17, 15) is 0 Å². The minimum Gasteiger partial charge on any atom is -0.476 e. The Morgan fingerprint density at radius 2 is 2.06 bits per heavy atom. The molecule has 0 atom stereocenters. The van der Waals surface area contributed by atoms with Gasteiger partial charge in [-0.25, -0.2) is 4.68 Å². The van der Waals surface area contributed by atoms with Crippen LogP contribution in [0.2, 0.25) is 0 Å². The summed E-state index contributed by atoms with van der Waals surface area (Å²) in [5.41, 5.74) is 7.73. The highest BCUT2D eigenvalue weighted by Crippen LogP contribution is 2.25. The van der Waals surface area contributed by atoms with Crippen LogP contribution in [0.3, 0.4) is 0 Å². The van der Waals surface area contributed by atoms with Crippen LogP contribution in [0.25, 0.3) is 5.69 Å². The molecule has 2 rings (SSSR count). The molecule has 0 amide bonds. The molecule has 0 aliphatic carbocycles.